The van der Waals surface area contributed by atoms with E-state index in [1.807, 2.05) is 0 Å². The van der Waals surface area contributed by atoms with Crippen LogP contribution in [0.3, 0.4) is 0 Å². The second-order valence-corrected chi connectivity index (χ2v) is 2.62. The highest BCUT2D eigenvalue weighted by molar-refractivity contribution is 5.04. The molecule has 0 radical (unpaired) electrons. The quantitative estimate of drug-likeness (QED) is 0.614. The van der Waals surface area contributed by atoms with Crippen LogP contribution in [0.15, 0.2) is 18.5 Å². The molecular formula is C8H10N2O. The second kappa shape index (κ2) is 2.77. The first-order valence-corrected chi connectivity index (χ1v) is 3.32. The Morgan fingerprint density at radius 1 is 1.82 bits per heavy atom. The number of rotatable bonds is 2. The Labute approximate surface area is 65.7 Å². The first-order valence-electron chi connectivity index (χ1n) is 3.32. The molecule has 0 aliphatic rings. The number of terminal acetylenes is 1. The van der Waals surface area contributed by atoms with Crippen molar-refractivity contribution in [3.63, 3.8) is 0 Å². The van der Waals surface area contributed by atoms with Crippen LogP contribution in [-0.2, 0) is 6.54 Å². The topological polar surface area (TPSA) is 38.0 Å². The average molecular weight is 150 g/mol. The van der Waals surface area contributed by atoms with Crippen molar-refractivity contribution in [1.82, 2.24) is 9.78 Å². The van der Waals surface area contributed by atoms with Gasteiger partial charge in [-0.3, -0.25) is 4.68 Å². The zero-order chi connectivity index (χ0) is 8.32. The molecule has 1 unspecified atom stereocenters. The summed E-state index contributed by atoms with van der Waals surface area (Å²) in [5.74, 6) is 2.27. The zero-order valence-electron chi connectivity index (χ0n) is 6.36. The molecule has 1 rings (SSSR count). The highest BCUT2D eigenvalue weighted by Crippen LogP contribution is 2.03. The second-order valence-electron chi connectivity index (χ2n) is 2.62. The fraction of sp³-hybridized carbons (Fsp3) is 0.375. The molecule has 0 aromatic carbocycles. The molecule has 0 aliphatic heterocycles. The Bertz CT molecular complexity index is 256. The van der Waals surface area contributed by atoms with E-state index in [0.717, 1.165) is 0 Å². The minimum atomic E-state index is -1.11. The van der Waals surface area contributed by atoms with E-state index in [1.54, 1.807) is 30.1 Å². The number of nitrogens with zero attached hydrogens (tertiary/aromatic N) is 2. The van der Waals surface area contributed by atoms with Crippen LogP contribution in [-0.4, -0.2) is 20.5 Å². The molecule has 3 heteroatoms. The van der Waals surface area contributed by atoms with Crippen molar-refractivity contribution in [2.75, 3.05) is 0 Å². The van der Waals surface area contributed by atoms with Crippen LogP contribution in [0, 0.1) is 12.3 Å². The van der Waals surface area contributed by atoms with E-state index in [2.05, 4.69) is 11.0 Å². The first kappa shape index (κ1) is 7.83. The minimum absolute atomic E-state index is 0.330. The Hall–Kier alpha value is -1.27. The van der Waals surface area contributed by atoms with Crippen LogP contribution < -0.4 is 0 Å². The van der Waals surface area contributed by atoms with Crippen LogP contribution in [0.5, 0.6) is 0 Å². The smallest absolute Gasteiger partial charge is 0.141 e. The predicted octanol–water partition coefficient (Wildman–Crippen LogP) is 0.267. The monoisotopic (exact) mass is 150 g/mol. The molecule has 1 heterocycles. The number of aliphatic hydroxyl groups is 1. The Balaban J connectivity index is 2.65. The molecule has 0 amide bonds. The highest BCUT2D eigenvalue weighted by atomic mass is 16.3. The highest BCUT2D eigenvalue weighted by Gasteiger charge is 2.16. The normalized spacial score (nSPS) is 15.4. The lowest BCUT2D eigenvalue weighted by Gasteiger charge is -2.15. The summed E-state index contributed by atoms with van der Waals surface area (Å²) in [5, 5.41) is 13.3. The van der Waals surface area contributed by atoms with Crippen molar-refractivity contribution in [3.8, 4) is 12.3 Å². The third kappa shape index (κ3) is 2.10. The third-order valence-corrected chi connectivity index (χ3v) is 1.34. The Morgan fingerprint density at radius 3 is 3.00 bits per heavy atom. The van der Waals surface area contributed by atoms with E-state index in [4.69, 9.17) is 6.42 Å². The third-order valence-electron chi connectivity index (χ3n) is 1.34. The summed E-state index contributed by atoms with van der Waals surface area (Å²) in [7, 11) is 0. The lowest BCUT2D eigenvalue weighted by Crippen LogP contribution is -2.28. The van der Waals surface area contributed by atoms with Crippen molar-refractivity contribution >= 4 is 0 Å². The summed E-state index contributed by atoms with van der Waals surface area (Å²) in [5.41, 5.74) is -1.11. The number of hydrogen-bond acceptors (Lipinski definition) is 2. The van der Waals surface area contributed by atoms with Gasteiger partial charge in [-0.15, -0.1) is 6.42 Å². The molecule has 0 bridgehead atoms. The first-order chi connectivity index (χ1) is 5.14. The molecule has 1 N–H and O–H groups in total. The van der Waals surface area contributed by atoms with Crippen LogP contribution in [0.1, 0.15) is 6.92 Å². The molecule has 0 saturated heterocycles. The van der Waals surface area contributed by atoms with Gasteiger partial charge in [0.25, 0.3) is 0 Å². The summed E-state index contributed by atoms with van der Waals surface area (Å²) in [6.07, 6.45) is 8.48. The molecular weight excluding hydrogens is 140 g/mol. The predicted molar refractivity (Wildman–Crippen MR) is 41.7 cm³/mol. The maximum atomic E-state index is 9.40. The van der Waals surface area contributed by atoms with Crippen molar-refractivity contribution < 1.29 is 5.11 Å². The SMILES string of the molecule is C#CC(C)(O)Cn1cccn1. The van der Waals surface area contributed by atoms with E-state index in [0.29, 0.717) is 6.54 Å². The van der Waals surface area contributed by atoms with Crippen LogP contribution >= 0.6 is 0 Å². The molecule has 1 aromatic heterocycles. The molecule has 3 nitrogen and oxygen atoms in total. The molecule has 1 atom stereocenters. The van der Waals surface area contributed by atoms with Gasteiger partial charge in [0.1, 0.15) is 5.60 Å². The van der Waals surface area contributed by atoms with Crippen LogP contribution in [0.25, 0.3) is 0 Å². The molecule has 0 spiro atoms. The van der Waals surface area contributed by atoms with Crippen LogP contribution in [0.2, 0.25) is 0 Å². The van der Waals surface area contributed by atoms with Gasteiger partial charge in [0.05, 0.1) is 6.54 Å². The fourth-order valence-electron chi connectivity index (χ4n) is 0.755. The van der Waals surface area contributed by atoms with Crippen molar-refractivity contribution in [1.29, 1.82) is 0 Å². The number of aromatic nitrogens is 2. The summed E-state index contributed by atoms with van der Waals surface area (Å²) in [6, 6.07) is 1.78. The van der Waals surface area contributed by atoms with Crippen LogP contribution in [0.4, 0.5) is 0 Å². The van der Waals surface area contributed by atoms with E-state index < -0.39 is 5.60 Å². The van der Waals surface area contributed by atoms with E-state index in [1.165, 1.54) is 0 Å². The van der Waals surface area contributed by atoms with Gasteiger partial charge < -0.3 is 5.11 Å². The molecule has 11 heavy (non-hydrogen) atoms. The van der Waals surface area contributed by atoms with Gasteiger partial charge in [0.15, 0.2) is 0 Å². The van der Waals surface area contributed by atoms with E-state index in [9.17, 15) is 5.11 Å². The van der Waals surface area contributed by atoms with Gasteiger partial charge in [-0.1, -0.05) is 5.92 Å². The largest absolute Gasteiger partial charge is 0.376 e. The standard InChI is InChI=1S/C8H10N2O/c1-3-8(2,11)7-10-6-4-5-9-10/h1,4-6,11H,7H2,2H3. The van der Waals surface area contributed by atoms with Gasteiger partial charge in [0.2, 0.25) is 0 Å². The maximum Gasteiger partial charge on any atom is 0.141 e. The summed E-state index contributed by atoms with van der Waals surface area (Å²) in [4.78, 5) is 0. The molecule has 0 saturated carbocycles. The fourth-order valence-corrected chi connectivity index (χ4v) is 0.755. The molecule has 0 fully saturated rings. The van der Waals surface area contributed by atoms with Gasteiger partial charge in [0, 0.05) is 12.4 Å². The summed E-state index contributed by atoms with van der Waals surface area (Å²) in [6.45, 7) is 1.91. The Kier molecular flexibility index (Phi) is 1.97. The van der Waals surface area contributed by atoms with Gasteiger partial charge in [-0.25, -0.2) is 0 Å². The number of hydrogen-bond donors (Lipinski definition) is 1. The van der Waals surface area contributed by atoms with Crippen molar-refractivity contribution in [2.45, 2.75) is 19.1 Å². The van der Waals surface area contributed by atoms with Gasteiger partial charge >= 0.3 is 0 Å². The lowest BCUT2D eigenvalue weighted by atomic mass is 10.1. The zero-order valence-corrected chi connectivity index (χ0v) is 6.36. The molecule has 58 valence electrons. The van der Waals surface area contributed by atoms with Gasteiger partial charge in [-0.2, -0.15) is 5.10 Å². The van der Waals surface area contributed by atoms with Gasteiger partial charge in [-0.05, 0) is 13.0 Å². The maximum absolute atomic E-state index is 9.40. The average Bonchev–Trinajstić information content (AvgIpc) is 2.39. The molecule has 1 aromatic rings. The summed E-state index contributed by atoms with van der Waals surface area (Å²) >= 11 is 0. The van der Waals surface area contributed by atoms with E-state index >= 15 is 0 Å². The minimum Gasteiger partial charge on any atom is -0.376 e. The Morgan fingerprint density at radius 2 is 2.55 bits per heavy atom. The van der Waals surface area contributed by atoms with Crippen molar-refractivity contribution in [2.24, 2.45) is 0 Å². The van der Waals surface area contributed by atoms with Crippen molar-refractivity contribution in [3.05, 3.63) is 18.5 Å². The molecule has 0 aliphatic carbocycles. The summed E-state index contributed by atoms with van der Waals surface area (Å²) < 4.78 is 1.60. The van der Waals surface area contributed by atoms with E-state index in [-0.39, 0.29) is 0 Å². The lowest BCUT2D eigenvalue weighted by molar-refractivity contribution is 0.0979.